The summed E-state index contributed by atoms with van der Waals surface area (Å²) in [4.78, 5) is 13.9. The van der Waals surface area contributed by atoms with E-state index in [1.807, 2.05) is 42.5 Å². The van der Waals surface area contributed by atoms with E-state index in [4.69, 9.17) is 0 Å². The Balaban J connectivity index is 2.26. The van der Waals surface area contributed by atoms with E-state index in [0.29, 0.717) is 10.9 Å². The first kappa shape index (κ1) is 10.6. The molecule has 18 heavy (non-hydrogen) atoms. The van der Waals surface area contributed by atoms with Crippen LogP contribution in [0.3, 0.4) is 0 Å². The van der Waals surface area contributed by atoms with Crippen LogP contribution < -0.4 is 5.56 Å². The average molecular weight is 237 g/mol. The number of hydrogen-bond donors (Lipinski definition) is 2. The Morgan fingerprint density at radius 3 is 2.44 bits per heavy atom. The number of rotatable bonds is 1. The number of fused-ring (bicyclic) bond motifs is 1. The van der Waals surface area contributed by atoms with Gasteiger partial charge >= 0.3 is 0 Å². The standard InChI is InChI=1S/C15H11NO2/c17-14-9-15(18)16-13-7-6-11(8-12(13)14)10-4-2-1-3-5-10/h1-9H,(H2,16,17,18). The lowest BCUT2D eigenvalue weighted by molar-refractivity contribution is 0.480. The number of hydrogen-bond acceptors (Lipinski definition) is 2. The van der Waals surface area contributed by atoms with Crippen LogP contribution in [0.2, 0.25) is 0 Å². The highest BCUT2D eigenvalue weighted by Gasteiger charge is 2.04. The van der Waals surface area contributed by atoms with Crippen molar-refractivity contribution >= 4 is 10.9 Å². The molecule has 0 unspecified atom stereocenters. The van der Waals surface area contributed by atoms with Crippen molar-refractivity contribution in [1.29, 1.82) is 0 Å². The topological polar surface area (TPSA) is 53.1 Å². The molecular weight excluding hydrogens is 226 g/mol. The Morgan fingerprint density at radius 2 is 1.67 bits per heavy atom. The van der Waals surface area contributed by atoms with E-state index in [9.17, 15) is 9.90 Å². The summed E-state index contributed by atoms with van der Waals surface area (Å²) >= 11 is 0. The van der Waals surface area contributed by atoms with E-state index in [0.717, 1.165) is 11.1 Å². The molecule has 3 aromatic rings. The van der Waals surface area contributed by atoms with Crippen molar-refractivity contribution in [3.8, 4) is 16.9 Å². The summed E-state index contributed by atoms with van der Waals surface area (Å²) in [5, 5.41) is 10.5. The highest BCUT2D eigenvalue weighted by molar-refractivity contribution is 5.88. The zero-order valence-corrected chi connectivity index (χ0v) is 9.55. The second kappa shape index (κ2) is 4.04. The molecule has 0 amide bonds. The summed E-state index contributed by atoms with van der Waals surface area (Å²) in [6.45, 7) is 0. The number of aromatic hydroxyl groups is 1. The molecule has 3 nitrogen and oxygen atoms in total. The molecule has 1 aromatic heterocycles. The predicted octanol–water partition coefficient (Wildman–Crippen LogP) is 2.90. The summed E-state index contributed by atoms with van der Waals surface area (Å²) in [6, 6.07) is 16.7. The number of H-pyrrole nitrogens is 1. The number of aromatic amines is 1. The highest BCUT2D eigenvalue weighted by Crippen LogP contribution is 2.27. The number of nitrogens with one attached hydrogen (secondary N) is 1. The van der Waals surface area contributed by atoms with E-state index >= 15 is 0 Å². The minimum atomic E-state index is -0.299. The van der Waals surface area contributed by atoms with Crippen LogP contribution in [-0.2, 0) is 0 Å². The molecule has 1 heterocycles. The summed E-state index contributed by atoms with van der Waals surface area (Å²) in [7, 11) is 0. The van der Waals surface area contributed by atoms with E-state index in [1.54, 1.807) is 6.07 Å². The third-order valence-corrected chi connectivity index (χ3v) is 2.93. The van der Waals surface area contributed by atoms with Crippen molar-refractivity contribution in [1.82, 2.24) is 4.98 Å². The number of aromatic nitrogens is 1. The van der Waals surface area contributed by atoms with Crippen molar-refractivity contribution in [3.63, 3.8) is 0 Å². The lowest BCUT2D eigenvalue weighted by Crippen LogP contribution is -2.02. The maximum atomic E-state index is 11.2. The summed E-state index contributed by atoms with van der Waals surface area (Å²) in [6.07, 6.45) is 0. The third kappa shape index (κ3) is 1.76. The Bertz CT molecular complexity index is 760. The first-order valence-electron chi connectivity index (χ1n) is 5.65. The largest absolute Gasteiger partial charge is 0.507 e. The summed E-state index contributed by atoms with van der Waals surface area (Å²) < 4.78 is 0. The van der Waals surface area contributed by atoms with Crippen molar-refractivity contribution < 1.29 is 5.11 Å². The van der Waals surface area contributed by atoms with E-state index in [-0.39, 0.29) is 11.3 Å². The molecule has 0 saturated heterocycles. The second-order valence-electron chi connectivity index (χ2n) is 4.15. The molecule has 3 heteroatoms. The van der Waals surface area contributed by atoms with Gasteiger partial charge in [-0.1, -0.05) is 36.4 Å². The Hall–Kier alpha value is -2.55. The molecule has 0 radical (unpaired) electrons. The van der Waals surface area contributed by atoms with Crippen LogP contribution in [0.1, 0.15) is 0 Å². The van der Waals surface area contributed by atoms with Gasteiger partial charge in [-0.15, -0.1) is 0 Å². The molecule has 0 saturated carbocycles. The highest BCUT2D eigenvalue weighted by atomic mass is 16.3. The third-order valence-electron chi connectivity index (χ3n) is 2.93. The smallest absolute Gasteiger partial charge is 0.252 e. The second-order valence-corrected chi connectivity index (χ2v) is 4.15. The lowest BCUT2D eigenvalue weighted by atomic mass is 10.0. The Labute approximate surface area is 103 Å². The van der Waals surface area contributed by atoms with Gasteiger partial charge in [0.2, 0.25) is 0 Å². The van der Waals surface area contributed by atoms with Gasteiger partial charge in [-0.25, -0.2) is 0 Å². The fraction of sp³-hybridized carbons (Fsp3) is 0. The van der Waals surface area contributed by atoms with E-state index < -0.39 is 0 Å². The van der Waals surface area contributed by atoms with Gasteiger partial charge in [0, 0.05) is 11.5 Å². The minimum absolute atomic E-state index is 0.00605. The molecule has 0 aliphatic rings. The molecule has 2 N–H and O–H groups in total. The first-order valence-corrected chi connectivity index (χ1v) is 5.65. The molecule has 0 fully saturated rings. The fourth-order valence-electron chi connectivity index (χ4n) is 2.05. The molecule has 0 atom stereocenters. The molecule has 0 spiro atoms. The van der Waals surface area contributed by atoms with Gasteiger partial charge in [0.1, 0.15) is 5.75 Å². The molecule has 0 aliphatic heterocycles. The number of benzene rings is 2. The zero-order valence-electron chi connectivity index (χ0n) is 9.55. The fourth-order valence-corrected chi connectivity index (χ4v) is 2.05. The summed E-state index contributed by atoms with van der Waals surface area (Å²) in [5.74, 6) is 0.00605. The molecule has 2 aromatic carbocycles. The van der Waals surface area contributed by atoms with Gasteiger partial charge in [0.15, 0.2) is 0 Å². The lowest BCUT2D eigenvalue weighted by Gasteiger charge is -2.05. The van der Waals surface area contributed by atoms with Gasteiger partial charge in [-0.3, -0.25) is 4.79 Å². The SMILES string of the molecule is O=c1cc(O)c2cc(-c3ccccc3)ccc2[nH]1. The van der Waals surface area contributed by atoms with Crippen molar-refractivity contribution in [2.75, 3.05) is 0 Å². The average Bonchev–Trinajstić information content (AvgIpc) is 2.39. The number of pyridine rings is 1. The maximum absolute atomic E-state index is 11.2. The molecule has 0 aliphatic carbocycles. The van der Waals surface area contributed by atoms with Gasteiger partial charge < -0.3 is 10.1 Å². The van der Waals surface area contributed by atoms with Crippen LogP contribution in [0.15, 0.2) is 59.4 Å². The molecule has 0 bridgehead atoms. The maximum Gasteiger partial charge on any atom is 0.252 e. The predicted molar refractivity (Wildman–Crippen MR) is 71.7 cm³/mol. The van der Waals surface area contributed by atoms with E-state index in [2.05, 4.69) is 4.98 Å². The van der Waals surface area contributed by atoms with Crippen LogP contribution in [0.25, 0.3) is 22.0 Å². The normalized spacial score (nSPS) is 10.7. The van der Waals surface area contributed by atoms with Crippen LogP contribution in [0, 0.1) is 0 Å². The van der Waals surface area contributed by atoms with Gasteiger partial charge in [0.25, 0.3) is 5.56 Å². The van der Waals surface area contributed by atoms with Crippen LogP contribution >= 0.6 is 0 Å². The zero-order chi connectivity index (χ0) is 12.5. The van der Waals surface area contributed by atoms with Gasteiger partial charge in [-0.2, -0.15) is 0 Å². The Kier molecular flexibility index (Phi) is 2.38. The van der Waals surface area contributed by atoms with Gasteiger partial charge in [0.05, 0.1) is 5.52 Å². The van der Waals surface area contributed by atoms with Gasteiger partial charge in [-0.05, 0) is 23.3 Å². The monoisotopic (exact) mass is 237 g/mol. The first-order chi connectivity index (χ1) is 8.74. The van der Waals surface area contributed by atoms with Crippen LogP contribution in [0.4, 0.5) is 0 Å². The van der Waals surface area contributed by atoms with Crippen LogP contribution in [0.5, 0.6) is 5.75 Å². The molecule has 88 valence electrons. The molecular formula is C15H11NO2. The quantitative estimate of drug-likeness (QED) is 0.683. The van der Waals surface area contributed by atoms with E-state index in [1.165, 1.54) is 6.07 Å². The Morgan fingerprint density at radius 1 is 0.889 bits per heavy atom. The minimum Gasteiger partial charge on any atom is -0.507 e. The van der Waals surface area contributed by atoms with Crippen LogP contribution in [-0.4, -0.2) is 10.1 Å². The van der Waals surface area contributed by atoms with Crippen molar-refractivity contribution in [2.24, 2.45) is 0 Å². The van der Waals surface area contributed by atoms with Crippen molar-refractivity contribution in [3.05, 3.63) is 65.0 Å². The molecule has 3 rings (SSSR count). The van der Waals surface area contributed by atoms with Crippen molar-refractivity contribution in [2.45, 2.75) is 0 Å². The summed E-state index contributed by atoms with van der Waals surface area (Å²) in [5.41, 5.74) is 2.42.